The Kier molecular flexibility index (Phi) is 14.5. The van der Waals surface area contributed by atoms with Crippen molar-refractivity contribution in [3.05, 3.63) is 120 Å². The zero-order chi connectivity index (χ0) is 39.2. The van der Waals surface area contributed by atoms with Crippen molar-refractivity contribution in [2.24, 2.45) is 11.5 Å². The summed E-state index contributed by atoms with van der Waals surface area (Å²) < 4.78 is 0. The second-order valence-corrected chi connectivity index (χ2v) is 13.6. The minimum Gasteiger partial charge on any atom is -0.368 e. The van der Waals surface area contributed by atoms with E-state index in [0.717, 1.165) is 38.4 Å². The Hall–Kier alpha value is -6.05. The van der Waals surface area contributed by atoms with Crippen molar-refractivity contribution in [1.29, 1.82) is 0 Å². The van der Waals surface area contributed by atoms with E-state index in [0.29, 0.717) is 25.8 Å². The van der Waals surface area contributed by atoms with E-state index in [1.54, 1.807) is 13.1 Å². The minimum absolute atomic E-state index is 0.0777. The normalized spacial score (nSPS) is 13.3. The third kappa shape index (κ3) is 11.5. The minimum atomic E-state index is -1.16. The molecule has 13 nitrogen and oxygen atoms in total. The number of nitrogens with two attached hydrogens (primary N) is 2. The molecule has 5 rings (SSSR count). The van der Waals surface area contributed by atoms with Gasteiger partial charge in [0, 0.05) is 36.4 Å². The van der Waals surface area contributed by atoms with Gasteiger partial charge in [-0.1, -0.05) is 97.9 Å². The molecule has 1 heterocycles. The van der Waals surface area contributed by atoms with Gasteiger partial charge in [-0.25, -0.2) is 5.43 Å². The molecule has 4 atom stereocenters. The number of para-hydroxylation sites is 1. The number of carbonyl (C=O) groups excluding carboxylic acids is 5. The van der Waals surface area contributed by atoms with E-state index in [1.165, 1.54) is 0 Å². The first-order valence-electron chi connectivity index (χ1n) is 18.7. The van der Waals surface area contributed by atoms with Crippen LogP contribution in [-0.2, 0) is 43.2 Å². The monoisotopic (exact) mass is 746 g/mol. The first-order valence-corrected chi connectivity index (χ1v) is 18.7. The van der Waals surface area contributed by atoms with Gasteiger partial charge >= 0.3 is 0 Å². The SMILES string of the molecule is CCC(=O)NN[C@H](Cc1ccc2ccccc2c1)C(=O)N[C@H](Cc1c[nH]c2ccccc12)C(=O)N[C@@H](Cc1ccccc1)C(=O)N[C@@H](CCCCN)C(N)=O. The summed E-state index contributed by atoms with van der Waals surface area (Å²) in [6.45, 7) is 2.13. The molecular weight excluding hydrogens is 697 g/mol. The number of hydrogen-bond acceptors (Lipinski definition) is 7. The molecule has 0 radical (unpaired) electrons. The van der Waals surface area contributed by atoms with Crippen molar-refractivity contribution in [1.82, 2.24) is 31.8 Å². The van der Waals surface area contributed by atoms with Gasteiger partial charge < -0.3 is 32.4 Å². The summed E-state index contributed by atoms with van der Waals surface area (Å²) in [5.41, 5.74) is 20.0. The Bertz CT molecular complexity index is 2080. The highest BCUT2D eigenvalue weighted by molar-refractivity contribution is 5.95. The van der Waals surface area contributed by atoms with Crippen LogP contribution >= 0.6 is 0 Å². The first kappa shape index (κ1) is 40.1. The lowest BCUT2D eigenvalue weighted by atomic mass is 9.99. The van der Waals surface area contributed by atoms with Gasteiger partial charge in [-0.2, -0.15) is 0 Å². The Balaban J connectivity index is 1.43. The predicted molar refractivity (Wildman–Crippen MR) is 213 cm³/mol. The molecule has 10 N–H and O–H groups in total. The van der Waals surface area contributed by atoms with Crippen LogP contribution in [0.25, 0.3) is 21.7 Å². The molecule has 0 spiro atoms. The molecule has 5 amide bonds. The van der Waals surface area contributed by atoms with Crippen molar-refractivity contribution in [2.75, 3.05) is 6.54 Å². The number of unbranched alkanes of at least 4 members (excludes halogenated alkanes) is 1. The molecular formula is C42H50N8O5. The molecule has 0 saturated carbocycles. The maximum atomic E-state index is 14.4. The predicted octanol–water partition coefficient (Wildman–Crippen LogP) is 2.82. The quantitative estimate of drug-likeness (QED) is 0.0440. The number of rotatable bonds is 20. The molecule has 0 aliphatic carbocycles. The van der Waals surface area contributed by atoms with Gasteiger partial charge in [0.05, 0.1) is 0 Å². The van der Waals surface area contributed by atoms with Gasteiger partial charge in [-0.15, -0.1) is 0 Å². The molecule has 0 unspecified atom stereocenters. The van der Waals surface area contributed by atoms with Crippen LogP contribution in [0.4, 0.5) is 0 Å². The van der Waals surface area contributed by atoms with Crippen LogP contribution in [0.3, 0.4) is 0 Å². The second-order valence-electron chi connectivity index (χ2n) is 13.6. The number of hydrogen-bond donors (Lipinski definition) is 8. The van der Waals surface area contributed by atoms with E-state index < -0.39 is 47.8 Å². The number of H-pyrrole nitrogens is 1. The largest absolute Gasteiger partial charge is 0.368 e. The zero-order valence-corrected chi connectivity index (χ0v) is 31.0. The summed E-state index contributed by atoms with van der Waals surface area (Å²) in [6.07, 6.45) is 3.88. The zero-order valence-electron chi connectivity index (χ0n) is 31.0. The fourth-order valence-electron chi connectivity index (χ4n) is 6.45. The van der Waals surface area contributed by atoms with E-state index in [1.807, 2.05) is 97.1 Å². The van der Waals surface area contributed by atoms with Crippen LogP contribution in [0, 0.1) is 0 Å². The number of hydrazine groups is 1. The molecule has 5 aromatic rings. The number of primary amides is 1. The molecule has 4 aromatic carbocycles. The molecule has 0 aliphatic rings. The highest BCUT2D eigenvalue weighted by atomic mass is 16.2. The van der Waals surface area contributed by atoms with E-state index >= 15 is 0 Å². The van der Waals surface area contributed by atoms with Crippen LogP contribution in [0.5, 0.6) is 0 Å². The fraction of sp³-hybridized carbons (Fsp3) is 0.310. The Morgan fingerprint density at radius 1 is 0.655 bits per heavy atom. The van der Waals surface area contributed by atoms with Crippen LogP contribution in [0.15, 0.2) is 103 Å². The molecule has 0 aliphatic heterocycles. The number of aromatic amines is 1. The van der Waals surface area contributed by atoms with Crippen molar-refractivity contribution >= 4 is 51.2 Å². The summed E-state index contributed by atoms with van der Waals surface area (Å²) in [7, 11) is 0. The van der Waals surface area contributed by atoms with Crippen LogP contribution in [0.1, 0.15) is 49.3 Å². The van der Waals surface area contributed by atoms with Gasteiger partial charge in [0.1, 0.15) is 24.2 Å². The first-order chi connectivity index (χ1) is 26.6. The van der Waals surface area contributed by atoms with Crippen molar-refractivity contribution in [3.8, 4) is 0 Å². The molecule has 55 heavy (non-hydrogen) atoms. The maximum absolute atomic E-state index is 14.4. The second kappa shape index (κ2) is 19.9. The number of benzene rings is 4. The molecule has 13 heteroatoms. The standard InChI is InChI=1S/C42H50N8O5/c1-2-38(51)50-49-37(24-28-19-20-29-14-6-7-15-30(29)22-28)42(55)48-36(25-31-26-45-33-17-9-8-16-32(31)33)41(54)47-35(23-27-12-4-3-5-13-27)40(53)46-34(39(44)52)18-10-11-21-43/h3-9,12-17,19-20,22,26,34-37,45,49H,2,10-11,18,21,23-25,43H2,1H3,(H2,44,52)(H,46,53)(H,47,54)(H,48,55)(H,50,51)/t34-,35-,36+,37+/m0/s1. The smallest absolute Gasteiger partial charge is 0.243 e. The average molecular weight is 747 g/mol. The highest BCUT2D eigenvalue weighted by Crippen LogP contribution is 2.20. The van der Waals surface area contributed by atoms with E-state index in [4.69, 9.17) is 11.5 Å². The van der Waals surface area contributed by atoms with Gasteiger partial charge in [0.25, 0.3) is 0 Å². The summed E-state index contributed by atoms with van der Waals surface area (Å²) in [4.78, 5) is 70.3. The third-order valence-corrected chi connectivity index (χ3v) is 9.53. The third-order valence-electron chi connectivity index (χ3n) is 9.53. The number of aromatic nitrogens is 1. The van der Waals surface area contributed by atoms with E-state index in [9.17, 15) is 24.0 Å². The van der Waals surface area contributed by atoms with Gasteiger partial charge in [0.15, 0.2) is 0 Å². The Morgan fingerprint density at radius 3 is 1.98 bits per heavy atom. The molecule has 0 saturated heterocycles. The van der Waals surface area contributed by atoms with Crippen LogP contribution in [0.2, 0.25) is 0 Å². The van der Waals surface area contributed by atoms with Gasteiger partial charge in [0.2, 0.25) is 29.5 Å². The fourth-order valence-corrected chi connectivity index (χ4v) is 6.45. The maximum Gasteiger partial charge on any atom is 0.243 e. The lowest BCUT2D eigenvalue weighted by molar-refractivity contribution is -0.134. The molecule has 0 bridgehead atoms. The lowest BCUT2D eigenvalue weighted by Crippen LogP contribution is -2.60. The van der Waals surface area contributed by atoms with Crippen LogP contribution < -0.4 is 38.3 Å². The molecule has 288 valence electrons. The number of amides is 5. The van der Waals surface area contributed by atoms with Crippen molar-refractivity contribution < 1.29 is 24.0 Å². The van der Waals surface area contributed by atoms with E-state index in [2.05, 4.69) is 31.8 Å². The summed E-state index contributed by atoms with van der Waals surface area (Å²) in [5.74, 6) is -2.75. The van der Waals surface area contributed by atoms with Gasteiger partial charge in [-0.3, -0.25) is 29.4 Å². The Labute approximate surface area is 320 Å². The molecule has 0 fully saturated rings. The van der Waals surface area contributed by atoms with Crippen molar-refractivity contribution in [2.45, 2.75) is 76.0 Å². The molecule has 1 aromatic heterocycles. The number of fused-ring (bicyclic) bond motifs is 2. The van der Waals surface area contributed by atoms with Crippen molar-refractivity contribution in [3.63, 3.8) is 0 Å². The lowest BCUT2D eigenvalue weighted by Gasteiger charge is -2.26. The van der Waals surface area contributed by atoms with Gasteiger partial charge in [-0.05, 0) is 65.8 Å². The van der Waals surface area contributed by atoms with E-state index in [-0.39, 0.29) is 31.6 Å². The number of nitrogens with one attached hydrogen (secondary N) is 6. The number of carbonyl (C=O) groups is 5. The summed E-state index contributed by atoms with van der Waals surface area (Å²) in [6, 6.07) is 26.3. The van der Waals surface area contributed by atoms with Crippen LogP contribution in [-0.4, -0.2) is 65.2 Å². The average Bonchev–Trinajstić information content (AvgIpc) is 3.61. The highest BCUT2D eigenvalue weighted by Gasteiger charge is 2.32. The Morgan fingerprint density at radius 2 is 1.27 bits per heavy atom. The summed E-state index contributed by atoms with van der Waals surface area (Å²) in [5, 5.41) is 11.4. The topological polar surface area (TPSA) is 213 Å². The summed E-state index contributed by atoms with van der Waals surface area (Å²) >= 11 is 0.